The number of carbonyl (C=O) groups excluding carboxylic acids is 1. The molecule has 0 radical (unpaired) electrons. The fraction of sp³-hybridized carbons (Fsp3) is 0.409. The summed E-state index contributed by atoms with van der Waals surface area (Å²) in [6, 6.07) is 11.3. The molecule has 0 saturated carbocycles. The minimum Gasteiger partial charge on any atom is -0.491 e. The Labute approximate surface area is 188 Å². The molecule has 9 heteroatoms. The molecule has 31 heavy (non-hydrogen) atoms. The number of halogens is 1. The predicted molar refractivity (Wildman–Crippen MR) is 120 cm³/mol. The van der Waals surface area contributed by atoms with Crippen molar-refractivity contribution in [2.24, 2.45) is 0 Å². The van der Waals surface area contributed by atoms with Crippen LogP contribution in [-0.4, -0.2) is 50.5 Å². The molecule has 2 atom stereocenters. The zero-order valence-electron chi connectivity index (χ0n) is 17.8. The van der Waals surface area contributed by atoms with Crippen LogP contribution in [0, 0.1) is 0 Å². The van der Waals surface area contributed by atoms with E-state index in [2.05, 4.69) is 5.32 Å². The van der Waals surface area contributed by atoms with Crippen molar-refractivity contribution in [3.63, 3.8) is 0 Å². The first-order valence-corrected chi connectivity index (χ1v) is 12.0. The Morgan fingerprint density at radius 1 is 1.19 bits per heavy atom. The lowest BCUT2D eigenvalue weighted by Gasteiger charge is -2.34. The highest BCUT2D eigenvalue weighted by Crippen LogP contribution is 2.29. The van der Waals surface area contributed by atoms with E-state index in [0.29, 0.717) is 18.0 Å². The average molecular weight is 467 g/mol. The summed E-state index contributed by atoms with van der Waals surface area (Å²) in [5, 5.41) is 2.86. The summed E-state index contributed by atoms with van der Waals surface area (Å²) in [7, 11) is -3.89. The third-order valence-corrected chi connectivity index (χ3v) is 7.11. The number of sulfonamides is 1. The van der Waals surface area contributed by atoms with Gasteiger partial charge in [0.25, 0.3) is 5.91 Å². The molecule has 168 valence electrons. The number of hydrogen-bond donors (Lipinski definition) is 1. The van der Waals surface area contributed by atoms with Crippen LogP contribution in [-0.2, 0) is 14.8 Å². The minimum atomic E-state index is -3.89. The molecule has 0 aliphatic carbocycles. The van der Waals surface area contributed by atoms with Crippen LogP contribution in [0.3, 0.4) is 0 Å². The summed E-state index contributed by atoms with van der Waals surface area (Å²) < 4.78 is 39.1. The van der Waals surface area contributed by atoms with Crippen molar-refractivity contribution in [1.82, 2.24) is 4.31 Å². The van der Waals surface area contributed by atoms with Gasteiger partial charge in [-0.05, 0) is 50.6 Å². The van der Waals surface area contributed by atoms with E-state index in [9.17, 15) is 13.2 Å². The monoisotopic (exact) mass is 466 g/mol. The third kappa shape index (κ3) is 5.57. The first-order chi connectivity index (χ1) is 14.7. The highest BCUT2D eigenvalue weighted by atomic mass is 35.5. The Bertz CT molecular complexity index is 1030. The van der Waals surface area contributed by atoms with Crippen LogP contribution in [0.4, 0.5) is 5.69 Å². The van der Waals surface area contributed by atoms with Gasteiger partial charge in [0.1, 0.15) is 10.6 Å². The zero-order chi connectivity index (χ0) is 22.6. The van der Waals surface area contributed by atoms with Gasteiger partial charge in [0.15, 0.2) is 0 Å². The highest BCUT2D eigenvalue weighted by molar-refractivity contribution is 7.89. The summed E-state index contributed by atoms with van der Waals surface area (Å²) >= 11 is 6.23. The average Bonchev–Trinajstić information content (AvgIpc) is 2.72. The van der Waals surface area contributed by atoms with Gasteiger partial charge < -0.3 is 14.8 Å². The van der Waals surface area contributed by atoms with Gasteiger partial charge in [-0.15, -0.1) is 0 Å². The van der Waals surface area contributed by atoms with Gasteiger partial charge in [-0.1, -0.05) is 30.7 Å². The Balaban J connectivity index is 1.87. The van der Waals surface area contributed by atoms with Crippen LogP contribution in [0.25, 0.3) is 0 Å². The number of carbonyl (C=O) groups is 1. The number of benzene rings is 2. The number of anilines is 1. The van der Waals surface area contributed by atoms with Crippen LogP contribution in [0.2, 0.25) is 5.02 Å². The van der Waals surface area contributed by atoms with Gasteiger partial charge in [0.05, 0.1) is 29.5 Å². The number of rotatable bonds is 7. The molecule has 1 aliphatic rings. The summed E-state index contributed by atoms with van der Waals surface area (Å²) in [4.78, 5) is 12.8. The molecule has 0 spiro atoms. The maximum atomic E-state index is 13.2. The van der Waals surface area contributed by atoms with E-state index in [4.69, 9.17) is 21.1 Å². The van der Waals surface area contributed by atoms with E-state index < -0.39 is 15.9 Å². The number of morpholine rings is 1. The molecule has 1 fully saturated rings. The molecule has 1 aliphatic heterocycles. The molecule has 0 aromatic heterocycles. The lowest BCUT2D eigenvalue weighted by Crippen LogP contribution is -2.48. The molecule has 1 amide bonds. The zero-order valence-corrected chi connectivity index (χ0v) is 19.4. The number of nitrogens with one attached hydrogen (secondary N) is 1. The first-order valence-electron chi connectivity index (χ1n) is 10.2. The topological polar surface area (TPSA) is 84.9 Å². The van der Waals surface area contributed by atoms with Crippen LogP contribution >= 0.6 is 11.6 Å². The van der Waals surface area contributed by atoms with E-state index >= 15 is 0 Å². The molecule has 2 aromatic rings. The van der Waals surface area contributed by atoms with Crippen molar-refractivity contribution in [2.45, 2.75) is 44.3 Å². The Kier molecular flexibility index (Phi) is 7.59. The van der Waals surface area contributed by atoms with Crippen molar-refractivity contribution in [1.29, 1.82) is 0 Å². The van der Waals surface area contributed by atoms with Gasteiger partial charge in [-0.2, -0.15) is 4.31 Å². The number of ether oxygens (including phenoxy) is 2. The van der Waals surface area contributed by atoms with Crippen molar-refractivity contribution < 1.29 is 22.7 Å². The molecular formula is C22H27ClN2O5S. The van der Waals surface area contributed by atoms with Crippen LogP contribution in [0.5, 0.6) is 5.75 Å². The molecule has 0 unspecified atom stereocenters. The van der Waals surface area contributed by atoms with Gasteiger partial charge in [-0.3, -0.25) is 4.79 Å². The third-order valence-electron chi connectivity index (χ3n) is 4.79. The summed E-state index contributed by atoms with van der Waals surface area (Å²) in [5.74, 6) is 0.0974. The number of para-hydroxylation sites is 2. The second-order valence-corrected chi connectivity index (χ2v) is 9.84. The maximum absolute atomic E-state index is 13.2. The quantitative estimate of drug-likeness (QED) is 0.661. The van der Waals surface area contributed by atoms with Crippen LogP contribution in [0.15, 0.2) is 47.4 Å². The second kappa shape index (κ2) is 9.99. The predicted octanol–water partition coefficient (Wildman–Crippen LogP) is 4.18. The van der Waals surface area contributed by atoms with Gasteiger partial charge in [-0.25, -0.2) is 8.42 Å². The maximum Gasteiger partial charge on any atom is 0.255 e. The summed E-state index contributed by atoms with van der Waals surface area (Å²) in [6.07, 6.45) is 0.367. The van der Waals surface area contributed by atoms with Crippen LogP contribution < -0.4 is 10.1 Å². The van der Waals surface area contributed by atoms with Crippen molar-refractivity contribution >= 4 is 33.2 Å². The number of nitrogens with zero attached hydrogens (tertiary/aromatic N) is 1. The Morgan fingerprint density at radius 2 is 1.87 bits per heavy atom. The van der Waals surface area contributed by atoms with E-state index in [-0.39, 0.29) is 40.8 Å². The van der Waals surface area contributed by atoms with E-state index in [1.54, 1.807) is 18.2 Å². The van der Waals surface area contributed by atoms with Gasteiger partial charge in [0.2, 0.25) is 10.0 Å². The molecule has 2 aromatic carbocycles. The first kappa shape index (κ1) is 23.5. The fourth-order valence-corrected chi connectivity index (χ4v) is 5.50. The lowest BCUT2D eigenvalue weighted by atomic mass is 10.2. The standard InChI is InChI=1S/C22H27ClN2O5S/c1-4-11-29-20-8-6-5-7-19(20)24-22(26)17-9-10-18(23)21(12-17)31(27,28)25-13-15(2)30-16(3)14-25/h5-10,12,15-16H,4,11,13-14H2,1-3H3,(H,24,26)/t15-,16+. The Hall–Kier alpha value is -2.13. The Morgan fingerprint density at radius 3 is 2.55 bits per heavy atom. The van der Waals surface area contributed by atoms with Crippen molar-refractivity contribution in [2.75, 3.05) is 25.0 Å². The lowest BCUT2D eigenvalue weighted by molar-refractivity contribution is -0.0440. The van der Waals surface area contributed by atoms with Crippen LogP contribution in [0.1, 0.15) is 37.6 Å². The van der Waals surface area contributed by atoms with E-state index in [1.807, 2.05) is 26.8 Å². The smallest absolute Gasteiger partial charge is 0.255 e. The number of amides is 1. The molecule has 1 heterocycles. The molecule has 3 rings (SSSR count). The van der Waals surface area contributed by atoms with Gasteiger partial charge >= 0.3 is 0 Å². The largest absolute Gasteiger partial charge is 0.491 e. The van der Waals surface area contributed by atoms with Crippen molar-refractivity contribution in [3.05, 3.63) is 53.1 Å². The summed E-state index contributed by atoms with van der Waals surface area (Å²) in [5.41, 5.74) is 0.693. The molecule has 0 bridgehead atoms. The second-order valence-electron chi connectivity index (χ2n) is 7.52. The minimum absolute atomic E-state index is 0.0648. The van der Waals surface area contributed by atoms with E-state index in [0.717, 1.165) is 6.42 Å². The molecule has 1 saturated heterocycles. The molecule has 7 nitrogen and oxygen atoms in total. The SMILES string of the molecule is CCCOc1ccccc1NC(=O)c1ccc(Cl)c(S(=O)(=O)N2C[C@@H](C)O[C@@H](C)C2)c1. The molecule has 1 N–H and O–H groups in total. The van der Waals surface area contributed by atoms with E-state index in [1.165, 1.54) is 22.5 Å². The number of hydrogen-bond acceptors (Lipinski definition) is 5. The van der Waals surface area contributed by atoms with Gasteiger partial charge in [0, 0.05) is 18.7 Å². The fourth-order valence-electron chi connectivity index (χ4n) is 3.41. The molecular weight excluding hydrogens is 440 g/mol. The summed E-state index contributed by atoms with van der Waals surface area (Å²) in [6.45, 7) is 6.60. The van der Waals surface area contributed by atoms with Crippen molar-refractivity contribution in [3.8, 4) is 5.75 Å². The highest BCUT2D eigenvalue weighted by Gasteiger charge is 2.34. The normalized spacial score (nSPS) is 19.7.